The zero-order valence-electron chi connectivity index (χ0n) is 10.5. The Labute approximate surface area is 105 Å². The van der Waals surface area contributed by atoms with Gasteiger partial charge in [-0.3, -0.25) is 14.5 Å². The lowest BCUT2D eigenvalue weighted by Crippen LogP contribution is -2.52. The molecule has 0 radical (unpaired) electrons. The van der Waals surface area contributed by atoms with E-state index in [1.165, 1.54) is 0 Å². The summed E-state index contributed by atoms with van der Waals surface area (Å²) in [5, 5.41) is 5.29. The number of carbonyl (C=O) groups is 3. The van der Waals surface area contributed by atoms with Crippen molar-refractivity contribution < 1.29 is 19.1 Å². The van der Waals surface area contributed by atoms with E-state index >= 15 is 0 Å². The third-order valence-corrected chi connectivity index (χ3v) is 3.36. The Hall–Kier alpha value is -1.63. The van der Waals surface area contributed by atoms with Crippen LogP contribution in [0.5, 0.6) is 0 Å². The molecule has 2 aliphatic rings. The highest BCUT2D eigenvalue weighted by Gasteiger charge is 2.47. The monoisotopic (exact) mass is 255 g/mol. The molecule has 2 aliphatic heterocycles. The van der Waals surface area contributed by atoms with Crippen LogP contribution in [0.4, 0.5) is 4.79 Å². The van der Waals surface area contributed by atoms with Crippen molar-refractivity contribution in [1.29, 1.82) is 0 Å². The lowest BCUT2D eigenvalue weighted by atomic mass is 9.99. The highest BCUT2D eigenvalue weighted by atomic mass is 16.5. The number of rotatable bonds is 4. The van der Waals surface area contributed by atoms with Crippen LogP contribution in [0.3, 0.4) is 0 Å². The molecule has 7 heteroatoms. The molecule has 2 fully saturated rings. The molecular formula is C11H17N3O4. The molecule has 2 saturated heterocycles. The van der Waals surface area contributed by atoms with Crippen LogP contribution < -0.4 is 10.6 Å². The molecule has 0 aromatic heterocycles. The van der Waals surface area contributed by atoms with Crippen molar-refractivity contribution in [2.24, 2.45) is 0 Å². The first-order valence-electron chi connectivity index (χ1n) is 5.97. The van der Waals surface area contributed by atoms with Gasteiger partial charge in [0.05, 0.1) is 19.3 Å². The van der Waals surface area contributed by atoms with Gasteiger partial charge in [0.1, 0.15) is 12.1 Å². The summed E-state index contributed by atoms with van der Waals surface area (Å²) < 4.78 is 4.92. The molecule has 0 aromatic rings. The smallest absolute Gasteiger partial charge is 0.325 e. The maximum Gasteiger partial charge on any atom is 0.325 e. The zero-order valence-corrected chi connectivity index (χ0v) is 10.5. The summed E-state index contributed by atoms with van der Waals surface area (Å²) in [6, 6.07) is -0.514. The van der Waals surface area contributed by atoms with Crippen LogP contribution in [0.1, 0.15) is 20.3 Å². The van der Waals surface area contributed by atoms with Gasteiger partial charge in [-0.15, -0.1) is 0 Å². The second-order valence-electron chi connectivity index (χ2n) is 4.81. The highest BCUT2D eigenvalue weighted by molar-refractivity contribution is 6.08. The van der Waals surface area contributed by atoms with E-state index < -0.39 is 11.6 Å². The van der Waals surface area contributed by atoms with E-state index in [4.69, 9.17) is 4.74 Å². The van der Waals surface area contributed by atoms with Crippen LogP contribution in [0.25, 0.3) is 0 Å². The van der Waals surface area contributed by atoms with E-state index in [2.05, 4.69) is 10.6 Å². The van der Waals surface area contributed by atoms with Gasteiger partial charge in [0, 0.05) is 0 Å². The first kappa shape index (κ1) is 12.8. The normalized spacial score (nSPS) is 28.0. The van der Waals surface area contributed by atoms with E-state index in [1.807, 2.05) is 6.92 Å². The van der Waals surface area contributed by atoms with Gasteiger partial charge in [-0.2, -0.15) is 0 Å². The number of amides is 4. The summed E-state index contributed by atoms with van der Waals surface area (Å²) >= 11 is 0. The Kier molecular flexibility index (Phi) is 3.25. The molecule has 4 amide bonds. The fourth-order valence-corrected chi connectivity index (χ4v) is 1.87. The zero-order chi connectivity index (χ0) is 13.3. The third kappa shape index (κ3) is 2.17. The van der Waals surface area contributed by atoms with Gasteiger partial charge < -0.3 is 15.4 Å². The van der Waals surface area contributed by atoms with Gasteiger partial charge in [-0.05, 0) is 13.3 Å². The largest absolute Gasteiger partial charge is 0.377 e. The summed E-state index contributed by atoms with van der Waals surface area (Å²) in [4.78, 5) is 36.3. The van der Waals surface area contributed by atoms with Crippen molar-refractivity contribution in [3.63, 3.8) is 0 Å². The minimum absolute atomic E-state index is 0.00387. The van der Waals surface area contributed by atoms with Crippen molar-refractivity contribution in [3.8, 4) is 0 Å². The van der Waals surface area contributed by atoms with Crippen molar-refractivity contribution in [2.45, 2.75) is 31.8 Å². The minimum Gasteiger partial charge on any atom is -0.377 e. The maximum absolute atomic E-state index is 12.0. The van der Waals surface area contributed by atoms with Gasteiger partial charge in [-0.1, -0.05) is 6.92 Å². The van der Waals surface area contributed by atoms with Gasteiger partial charge in [-0.25, -0.2) is 4.79 Å². The minimum atomic E-state index is -0.892. The fourth-order valence-electron chi connectivity index (χ4n) is 1.87. The van der Waals surface area contributed by atoms with Crippen LogP contribution in [-0.4, -0.2) is 54.1 Å². The number of imide groups is 1. The molecule has 2 rings (SSSR count). The molecule has 2 heterocycles. The van der Waals surface area contributed by atoms with E-state index in [1.54, 1.807) is 6.92 Å². The van der Waals surface area contributed by atoms with Crippen LogP contribution >= 0.6 is 0 Å². The first-order chi connectivity index (χ1) is 8.46. The molecule has 7 nitrogen and oxygen atoms in total. The van der Waals surface area contributed by atoms with Gasteiger partial charge in [0.25, 0.3) is 5.91 Å². The lowest BCUT2D eigenvalue weighted by molar-refractivity contribution is -0.135. The average Bonchev–Trinajstić information content (AvgIpc) is 2.48. The molecule has 0 bridgehead atoms. The second-order valence-corrected chi connectivity index (χ2v) is 4.81. The molecule has 1 unspecified atom stereocenters. The Morgan fingerprint density at radius 2 is 2.22 bits per heavy atom. The van der Waals surface area contributed by atoms with Gasteiger partial charge in [0.2, 0.25) is 5.91 Å². The predicted molar refractivity (Wildman–Crippen MR) is 61.7 cm³/mol. The van der Waals surface area contributed by atoms with E-state index in [0.29, 0.717) is 19.6 Å². The van der Waals surface area contributed by atoms with Gasteiger partial charge >= 0.3 is 6.03 Å². The second kappa shape index (κ2) is 4.56. The van der Waals surface area contributed by atoms with Crippen molar-refractivity contribution in [3.05, 3.63) is 0 Å². The number of hydrogen-bond acceptors (Lipinski definition) is 4. The van der Waals surface area contributed by atoms with Crippen molar-refractivity contribution in [2.75, 3.05) is 19.8 Å². The van der Waals surface area contributed by atoms with Crippen LogP contribution in [0.15, 0.2) is 0 Å². The molecular weight excluding hydrogens is 238 g/mol. The predicted octanol–water partition coefficient (Wildman–Crippen LogP) is -0.778. The highest BCUT2D eigenvalue weighted by Crippen LogP contribution is 2.20. The number of nitrogens with zero attached hydrogens (tertiary/aromatic N) is 1. The number of hydrogen-bond donors (Lipinski definition) is 2. The first-order valence-corrected chi connectivity index (χ1v) is 5.97. The number of ether oxygens (including phenoxy) is 1. The molecule has 0 aromatic carbocycles. The Morgan fingerprint density at radius 3 is 2.67 bits per heavy atom. The summed E-state index contributed by atoms with van der Waals surface area (Å²) in [6.45, 7) is 4.20. The standard InChI is InChI=1S/C11H17N3O4/c1-3-11(2)9(16)14(10(17)13-11)4-8(15)12-7-5-18-6-7/h7H,3-6H2,1-2H3,(H,12,15)(H,13,17). The third-order valence-electron chi connectivity index (χ3n) is 3.36. The molecule has 2 N–H and O–H groups in total. The van der Waals surface area contributed by atoms with Crippen LogP contribution in [0, 0.1) is 0 Å². The van der Waals surface area contributed by atoms with Crippen molar-refractivity contribution >= 4 is 17.8 Å². The summed E-state index contributed by atoms with van der Waals surface area (Å²) in [6.07, 6.45) is 0.492. The molecule has 0 spiro atoms. The fraction of sp³-hybridized carbons (Fsp3) is 0.727. The van der Waals surface area contributed by atoms with Crippen molar-refractivity contribution in [1.82, 2.24) is 15.5 Å². The van der Waals surface area contributed by atoms with E-state index in [0.717, 1.165) is 4.90 Å². The number of urea groups is 1. The van der Waals surface area contributed by atoms with E-state index in [-0.39, 0.29) is 24.4 Å². The van der Waals surface area contributed by atoms with Crippen LogP contribution in [0.2, 0.25) is 0 Å². The lowest BCUT2D eigenvalue weighted by Gasteiger charge is -2.27. The quantitative estimate of drug-likeness (QED) is 0.645. The van der Waals surface area contributed by atoms with Crippen LogP contribution in [-0.2, 0) is 14.3 Å². The summed E-state index contributed by atoms with van der Waals surface area (Å²) in [5.74, 6) is -0.692. The average molecular weight is 255 g/mol. The Bertz CT molecular complexity index is 394. The molecule has 18 heavy (non-hydrogen) atoms. The summed E-state index contributed by atoms with van der Waals surface area (Å²) in [7, 11) is 0. The SMILES string of the molecule is CCC1(C)NC(=O)N(CC(=O)NC2COC2)C1=O. The Morgan fingerprint density at radius 1 is 1.56 bits per heavy atom. The topological polar surface area (TPSA) is 87.7 Å². The Balaban J connectivity index is 1.94. The maximum atomic E-state index is 12.0. The molecule has 1 atom stereocenters. The van der Waals surface area contributed by atoms with Gasteiger partial charge in [0.15, 0.2) is 0 Å². The molecule has 100 valence electrons. The van der Waals surface area contributed by atoms with E-state index in [9.17, 15) is 14.4 Å². The number of carbonyl (C=O) groups excluding carboxylic acids is 3. The summed E-state index contributed by atoms with van der Waals surface area (Å²) in [5.41, 5.74) is -0.892. The number of nitrogens with one attached hydrogen (secondary N) is 2. The molecule has 0 saturated carbocycles. The molecule has 0 aliphatic carbocycles.